The van der Waals surface area contributed by atoms with Gasteiger partial charge in [0.15, 0.2) is 0 Å². The van der Waals surface area contributed by atoms with E-state index in [9.17, 15) is 0 Å². The third-order valence-corrected chi connectivity index (χ3v) is 4.35. The van der Waals surface area contributed by atoms with Crippen LogP contribution in [-0.2, 0) is 0 Å². The summed E-state index contributed by atoms with van der Waals surface area (Å²) in [5.74, 6) is 1.32. The molecule has 0 radical (unpaired) electrons. The van der Waals surface area contributed by atoms with Crippen molar-refractivity contribution in [1.29, 1.82) is 0 Å². The molecule has 26 heavy (non-hydrogen) atoms. The standard InChI is InChI=1S/C23H21NOS/c1-18-15-19(2)17-22(16-18)26-14-13-23(24-20-9-5-3-6-10-20)25-21-11-7-4-8-12-21/h3-17H,1-2H3/b14-13+,24-23-. The van der Waals surface area contributed by atoms with Crippen molar-refractivity contribution in [3.63, 3.8) is 0 Å². The van der Waals surface area contributed by atoms with E-state index in [4.69, 9.17) is 4.74 Å². The van der Waals surface area contributed by atoms with Crippen LogP contribution >= 0.6 is 11.8 Å². The van der Waals surface area contributed by atoms with Gasteiger partial charge in [0.1, 0.15) is 5.75 Å². The van der Waals surface area contributed by atoms with Gasteiger partial charge in [0.05, 0.1) is 5.69 Å². The zero-order chi connectivity index (χ0) is 18.2. The molecule has 3 aromatic carbocycles. The first-order valence-electron chi connectivity index (χ1n) is 8.47. The minimum atomic E-state index is 0.555. The van der Waals surface area contributed by atoms with Gasteiger partial charge in [-0.25, -0.2) is 4.99 Å². The van der Waals surface area contributed by atoms with E-state index in [0.717, 1.165) is 11.4 Å². The first-order valence-corrected chi connectivity index (χ1v) is 9.35. The fourth-order valence-electron chi connectivity index (χ4n) is 2.50. The lowest BCUT2D eigenvalue weighted by molar-refractivity contribution is 0.556. The summed E-state index contributed by atoms with van der Waals surface area (Å²) in [6.07, 6.45) is 1.91. The van der Waals surface area contributed by atoms with Gasteiger partial charge < -0.3 is 4.74 Å². The zero-order valence-electron chi connectivity index (χ0n) is 14.9. The molecule has 0 unspecified atom stereocenters. The Morgan fingerprint density at radius 3 is 2.12 bits per heavy atom. The van der Waals surface area contributed by atoms with Crippen LogP contribution in [0.1, 0.15) is 11.1 Å². The van der Waals surface area contributed by atoms with Crippen LogP contribution in [0.4, 0.5) is 5.69 Å². The monoisotopic (exact) mass is 359 g/mol. The van der Waals surface area contributed by atoms with Crippen molar-refractivity contribution in [1.82, 2.24) is 0 Å². The smallest absolute Gasteiger partial charge is 0.220 e. The van der Waals surface area contributed by atoms with Crippen molar-refractivity contribution in [2.24, 2.45) is 4.99 Å². The Bertz CT molecular complexity index is 882. The van der Waals surface area contributed by atoms with Gasteiger partial charge in [0, 0.05) is 11.0 Å². The number of hydrogen-bond acceptors (Lipinski definition) is 3. The number of aryl methyl sites for hydroxylation is 2. The predicted octanol–water partition coefficient (Wildman–Crippen LogP) is 6.72. The fraction of sp³-hybridized carbons (Fsp3) is 0.0870. The first kappa shape index (κ1) is 18.0. The van der Waals surface area contributed by atoms with Gasteiger partial charge >= 0.3 is 0 Å². The molecule has 0 aromatic heterocycles. The molecule has 0 aliphatic carbocycles. The lowest BCUT2D eigenvalue weighted by Crippen LogP contribution is -2.04. The van der Waals surface area contributed by atoms with Gasteiger partial charge in [-0.3, -0.25) is 0 Å². The molecule has 0 atom stereocenters. The Balaban J connectivity index is 1.79. The fourth-order valence-corrected chi connectivity index (χ4v) is 3.35. The molecule has 0 heterocycles. The van der Waals surface area contributed by atoms with Crippen LogP contribution in [0.3, 0.4) is 0 Å². The van der Waals surface area contributed by atoms with Gasteiger partial charge in [0.2, 0.25) is 5.90 Å². The van der Waals surface area contributed by atoms with Gasteiger partial charge in [-0.05, 0) is 66.8 Å². The average Bonchev–Trinajstić information content (AvgIpc) is 2.62. The molecule has 0 bridgehead atoms. The normalized spacial score (nSPS) is 11.7. The second kappa shape index (κ2) is 9.07. The summed E-state index contributed by atoms with van der Waals surface area (Å²) in [5, 5.41) is 2.01. The number of aliphatic imine (C=N–C) groups is 1. The van der Waals surface area contributed by atoms with E-state index in [0.29, 0.717) is 5.90 Å². The van der Waals surface area contributed by atoms with Gasteiger partial charge in [-0.2, -0.15) is 0 Å². The molecule has 0 N–H and O–H groups in total. The van der Waals surface area contributed by atoms with Gasteiger partial charge in [-0.15, -0.1) is 0 Å². The molecule has 3 aromatic rings. The Morgan fingerprint density at radius 2 is 1.46 bits per heavy atom. The van der Waals surface area contributed by atoms with E-state index in [1.807, 2.05) is 72.1 Å². The summed E-state index contributed by atoms with van der Waals surface area (Å²) < 4.78 is 5.95. The number of thioether (sulfide) groups is 1. The number of hydrogen-bond donors (Lipinski definition) is 0. The molecule has 0 saturated carbocycles. The van der Waals surface area contributed by atoms with Crippen LogP contribution in [-0.4, -0.2) is 5.90 Å². The van der Waals surface area contributed by atoms with Crippen molar-refractivity contribution in [2.45, 2.75) is 18.7 Å². The molecule has 2 nitrogen and oxygen atoms in total. The summed E-state index contributed by atoms with van der Waals surface area (Å²) in [6, 6.07) is 26.0. The number of ether oxygens (including phenoxy) is 1. The van der Waals surface area contributed by atoms with Crippen LogP contribution in [0.2, 0.25) is 0 Å². The Hall–Kier alpha value is -2.78. The molecule has 3 rings (SSSR count). The van der Waals surface area contributed by atoms with Crippen molar-refractivity contribution < 1.29 is 4.74 Å². The summed E-state index contributed by atoms with van der Waals surface area (Å²) >= 11 is 1.66. The third-order valence-electron chi connectivity index (χ3n) is 3.57. The number of para-hydroxylation sites is 2. The second-order valence-electron chi connectivity index (χ2n) is 5.94. The lowest BCUT2D eigenvalue weighted by Gasteiger charge is -2.06. The maximum Gasteiger partial charge on any atom is 0.220 e. The maximum absolute atomic E-state index is 5.95. The number of rotatable bonds is 5. The highest BCUT2D eigenvalue weighted by Crippen LogP contribution is 2.23. The molecule has 0 spiro atoms. The second-order valence-corrected chi connectivity index (χ2v) is 6.92. The van der Waals surface area contributed by atoms with Crippen LogP contribution in [0.15, 0.2) is 100 Å². The Labute approximate surface area is 159 Å². The van der Waals surface area contributed by atoms with Crippen molar-refractivity contribution in [3.05, 3.63) is 101 Å². The Morgan fingerprint density at radius 1 is 0.846 bits per heavy atom. The summed E-state index contributed by atoms with van der Waals surface area (Å²) in [7, 11) is 0. The predicted molar refractivity (Wildman–Crippen MR) is 112 cm³/mol. The highest BCUT2D eigenvalue weighted by molar-refractivity contribution is 8.02. The van der Waals surface area contributed by atoms with Gasteiger partial charge in [-0.1, -0.05) is 54.2 Å². The van der Waals surface area contributed by atoms with E-state index in [-0.39, 0.29) is 0 Å². The molecule has 0 amide bonds. The maximum atomic E-state index is 5.95. The largest absolute Gasteiger partial charge is 0.439 e. The van der Waals surface area contributed by atoms with Crippen LogP contribution in [0.25, 0.3) is 0 Å². The summed E-state index contributed by atoms with van der Waals surface area (Å²) in [6.45, 7) is 4.23. The van der Waals surface area contributed by atoms with Crippen molar-refractivity contribution >= 4 is 23.3 Å². The molecular weight excluding hydrogens is 338 g/mol. The summed E-state index contributed by atoms with van der Waals surface area (Å²) in [4.78, 5) is 5.82. The SMILES string of the molecule is Cc1cc(C)cc(S/C=C/C(=N/c2ccccc2)Oc2ccccc2)c1. The first-order chi connectivity index (χ1) is 12.7. The summed E-state index contributed by atoms with van der Waals surface area (Å²) in [5.41, 5.74) is 3.39. The van der Waals surface area contributed by atoms with E-state index in [1.54, 1.807) is 11.8 Å². The highest BCUT2D eigenvalue weighted by atomic mass is 32.2. The van der Waals surface area contributed by atoms with Crippen LogP contribution < -0.4 is 4.74 Å². The van der Waals surface area contributed by atoms with E-state index in [1.165, 1.54) is 16.0 Å². The van der Waals surface area contributed by atoms with Crippen molar-refractivity contribution in [2.75, 3.05) is 0 Å². The molecule has 0 aliphatic rings. The van der Waals surface area contributed by atoms with E-state index >= 15 is 0 Å². The van der Waals surface area contributed by atoms with E-state index in [2.05, 4.69) is 37.0 Å². The quantitative estimate of drug-likeness (QED) is 0.286. The number of benzene rings is 3. The van der Waals surface area contributed by atoms with E-state index < -0.39 is 0 Å². The molecule has 0 aliphatic heterocycles. The molecular formula is C23H21NOS. The minimum absolute atomic E-state index is 0.555. The third kappa shape index (κ3) is 5.64. The molecule has 0 fully saturated rings. The number of nitrogens with zero attached hydrogens (tertiary/aromatic N) is 1. The zero-order valence-corrected chi connectivity index (χ0v) is 15.7. The van der Waals surface area contributed by atoms with Gasteiger partial charge in [0.25, 0.3) is 0 Å². The van der Waals surface area contributed by atoms with Crippen LogP contribution in [0.5, 0.6) is 5.75 Å². The molecule has 0 saturated heterocycles. The minimum Gasteiger partial charge on any atom is -0.439 e. The lowest BCUT2D eigenvalue weighted by atomic mass is 10.2. The molecule has 3 heteroatoms. The average molecular weight is 359 g/mol. The highest BCUT2D eigenvalue weighted by Gasteiger charge is 2.01. The van der Waals surface area contributed by atoms with Crippen molar-refractivity contribution in [3.8, 4) is 5.75 Å². The van der Waals surface area contributed by atoms with Crippen LogP contribution in [0, 0.1) is 13.8 Å². The topological polar surface area (TPSA) is 21.6 Å². The Kier molecular flexibility index (Phi) is 6.29. The molecule has 130 valence electrons.